The van der Waals surface area contributed by atoms with Gasteiger partial charge in [-0.15, -0.1) is 0 Å². The molecule has 0 unspecified atom stereocenters. The summed E-state index contributed by atoms with van der Waals surface area (Å²) in [6.45, 7) is 4.86. The number of anilines is 1. The van der Waals surface area contributed by atoms with Gasteiger partial charge < -0.3 is 14.6 Å². The molecule has 4 aromatic rings. The van der Waals surface area contributed by atoms with Crippen LogP contribution >= 0.6 is 0 Å². The fraction of sp³-hybridized carbons (Fsp3) is 0.308. The van der Waals surface area contributed by atoms with Crippen LogP contribution in [-0.2, 0) is 21.7 Å². The van der Waals surface area contributed by atoms with Gasteiger partial charge in [0.15, 0.2) is 5.69 Å². The van der Waals surface area contributed by atoms with E-state index in [1.807, 2.05) is 54.1 Å². The zero-order chi connectivity index (χ0) is 24.4. The minimum atomic E-state index is -1.35. The molecule has 0 spiro atoms. The molecule has 5 rings (SSSR count). The smallest absolute Gasteiger partial charge is 0.278 e. The highest BCUT2D eigenvalue weighted by molar-refractivity contribution is 5.88. The summed E-state index contributed by atoms with van der Waals surface area (Å²) in [6, 6.07) is 16.7. The Hall–Kier alpha value is -3.85. The van der Waals surface area contributed by atoms with Gasteiger partial charge in [0.25, 0.3) is 5.89 Å². The monoisotopic (exact) mass is 475 g/mol. The van der Waals surface area contributed by atoms with Crippen LogP contribution in [0.1, 0.15) is 36.6 Å². The predicted molar refractivity (Wildman–Crippen MR) is 128 cm³/mol. The summed E-state index contributed by atoms with van der Waals surface area (Å²) in [5.41, 5.74) is 3.35. The average Bonchev–Trinajstić information content (AvgIpc) is 3.48. The molecule has 2 aromatic heterocycles. The van der Waals surface area contributed by atoms with Crippen molar-refractivity contribution >= 4 is 11.6 Å². The van der Waals surface area contributed by atoms with Gasteiger partial charge in [0, 0.05) is 49.9 Å². The molecule has 0 radical (unpaired) electrons. The number of aromatic nitrogens is 4. The molecule has 35 heavy (non-hydrogen) atoms. The number of nitrogens with one attached hydrogen (secondary N) is 1. The van der Waals surface area contributed by atoms with Crippen LogP contribution in [0.15, 0.2) is 59.1 Å². The van der Waals surface area contributed by atoms with Gasteiger partial charge in [0.1, 0.15) is 5.67 Å². The number of amides is 1. The van der Waals surface area contributed by atoms with E-state index in [-0.39, 0.29) is 5.91 Å². The maximum atomic E-state index is 15.2. The van der Waals surface area contributed by atoms with E-state index >= 15 is 4.39 Å². The lowest BCUT2D eigenvalue weighted by Crippen LogP contribution is -2.29. The van der Waals surface area contributed by atoms with E-state index < -0.39 is 5.67 Å². The predicted octanol–water partition coefficient (Wildman–Crippen LogP) is 4.89. The number of alkyl halides is 1. The molecule has 8 nitrogen and oxygen atoms in total. The molecular formula is C26H26FN5O3. The second-order valence-electron chi connectivity index (χ2n) is 8.78. The molecule has 180 valence electrons. The Morgan fingerprint density at radius 1 is 1.11 bits per heavy atom. The van der Waals surface area contributed by atoms with Crippen LogP contribution in [0, 0.1) is 6.92 Å². The van der Waals surface area contributed by atoms with Crippen molar-refractivity contribution in [3.05, 3.63) is 71.4 Å². The number of hydrogen-bond acceptors (Lipinski definition) is 6. The molecule has 0 atom stereocenters. The molecule has 1 amide bonds. The lowest BCUT2D eigenvalue weighted by atomic mass is 9.88. The first-order chi connectivity index (χ1) is 16.9. The number of ether oxygens (including phenoxy) is 1. The molecule has 9 heteroatoms. The third-order valence-corrected chi connectivity index (χ3v) is 6.18. The highest BCUT2D eigenvalue weighted by atomic mass is 19.1. The van der Waals surface area contributed by atoms with Gasteiger partial charge in [-0.2, -0.15) is 10.1 Å². The summed E-state index contributed by atoms with van der Waals surface area (Å²) in [5, 5.41) is 11.5. The second kappa shape index (κ2) is 9.42. The first kappa shape index (κ1) is 22.9. The Kier molecular flexibility index (Phi) is 6.17. The van der Waals surface area contributed by atoms with Gasteiger partial charge in [-0.25, -0.2) is 4.39 Å². The average molecular weight is 476 g/mol. The minimum absolute atomic E-state index is 0.106. The van der Waals surface area contributed by atoms with Crippen molar-refractivity contribution in [1.82, 2.24) is 19.9 Å². The lowest BCUT2D eigenvalue weighted by Gasteiger charge is -2.29. The molecule has 1 saturated heterocycles. The molecule has 3 heterocycles. The second-order valence-corrected chi connectivity index (χ2v) is 8.78. The molecule has 1 fully saturated rings. The van der Waals surface area contributed by atoms with Crippen LogP contribution in [0.25, 0.3) is 23.0 Å². The number of carbonyl (C=O) groups is 1. The van der Waals surface area contributed by atoms with Crippen LogP contribution < -0.4 is 5.32 Å². The number of nitrogens with zero attached hydrogens (tertiary/aromatic N) is 4. The van der Waals surface area contributed by atoms with Crippen molar-refractivity contribution in [1.29, 1.82) is 0 Å². The van der Waals surface area contributed by atoms with Gasteiger partial charge in [-0.1, -0.05) is 41.6 Å². The van der Waals surface area contributed by atoms with Crippen molar-refractivity contribution in [2.75, 3.05) is 18.5 Å². The van der Waals surface area contributed by atoms with Gasteiger partial charge in [0.05, 0.1) is 6.54 Å². The first-order valence-corrected chi connectivity index (χ1v) is 11.5. The summed E-state index contributed by atoms with van der Waals surface area (Å²) < 4.78 is 27.8. The fourth-order valence-corrected chi connectivity index (χ4v) is 4.19. The van der Waals surface area contributed by atoms with Gasteiger partial charge in [-0.3, -0.25) is 9.48 Å². The number of aryl methyl sites for hydroxylation is 1. The third kappa shape index (κ3) is 5.00. The van der Waals surface area contributed by atoms with E-state index in [9.17, 15) is 4.79 Å². The standard InChI is InChI=1S/C26H26FN5O3/c1-17-15-23(30-32(17)16-19-3-9-22(10-4-19)28-18(2)33)25-29-24(31-35-25)20-5-7-21(8-6-20)26(27)11-13-34-14-12-26/h3-10,15H,11-14,16H2,1-2H3,(H,28,33). The lowest BCUT2D eigenvalue weighted by molar-refractivity contribution is -0.114. The minimum Gasteiger partial charge on any atom is -0.381 e. The van der Waals surface area contributed by atoms with Gasteiger partial charge >= 0.3 is 0 Å². The van der Waals surface area contributed by atoms with Crippen molar-refractivity contribution in [3.8, 4) is 23.0 Å². The van der Waals surface area contributed by atoms with Crippen LogP contribution in [-0.4, -0.2) is 39.0 Å². The normalized spacial score (nSPS) is 15.2. The number of carbonyl (C=O) groups excluding carboxylic acids is 1. The quantitative estimate of drug-likeness (QED) is 0.427. The van der Waals surface area contributed by atoms with Crippen LogP contribution in [0.4, 0.5) is 10.1 Å². The highest BCUT2D eigenvalue weighted by Gasteiger charge is 2.34. The van der Waals surface area contributed by atoms with Crippen molar-refractivity contribution < 1.29 is 18.4 Å². The van der Waals surface area contributed by atoms with E-state index in [0.717, 1.165) is 22.5 Å². The van der Waals surface area contributed by atoms with Gasteiger partial charge in [0.2, 0.25) is 11.7 Å². The third-order valence-electron chi connectivity index (χ3n) is 6.18. The Morgan fingerprint density at radius 2 is 1.83 bits per heavy atom. The van der Waals surface area contributed by atoms with E-state index in [0.29, 0.717) is 55.6 Å². The van der Waals surface area contributed by atoms with Crippen molar-refractivity contribution in [2.45, 2.75) is 38.9 Å². The van der Waals surface area contributed by atoms with Crippen LogP contribution in [0.5, 0.6) is 0 Å². The van der Waals surface area contributed by atoms with Crippen LogP contribution in [0.2, 0.25) is 0 Å². The van der Waals surface area contributed by atoms with Gasteiger partial charge in [-0.05, 0) is 36.2 Å². The molecule has 2 aromatic carbocycles. The largest absolute Gasteiger partial charge is 0.381 e. The summed E-state index contributed by atoms with van der Waals surface area (Å²) >= 11 is 0. The maximum absolute atomic E-state index is 15.2. The molecule has 0 saturated carbocycles. The van der Waals surface area contributed by atoms with E-state index in [4.69, 9.17) is 9.26 Å². The fourth-order valence-electron chi connectivity index (χ4n) is 4.19. The molecule has 0 bridgehead atoms. The Bertz CT molecular complexity index is 1320. The molecule has 1 N–H and O–H groups in total. The van der Waals surface area contributed by atoms with E-state index in [1.54, 1.807) is 12.1 Å². The summed E-state index contributed by atoms with van der Waals surface area (Å²) in [4.78, 5) is 15.7. The molecular weight excluding hydrogens is 449 g/mol. The highest BCUT2D eigenvalue weighted by Crippen LogP contribution is 2.37. The Balaban J connectivity index is 1.30. The van der Waals surface area contributed by atoms with Crippen LogP contribution in [0.3, 0.4) is 0 Å². The Morgan fingerprint density at radius 3 is 2.51 bits per heavy atom. The van der Waals surface area contributed by atoms with Crippen molar-refractivity contribution in [2.24, 2.45) is 0 Å². The van der Waals surface area contributed by atoms with E-state index in [1.165, 1.54) is 6.92 Å². The number of hydrogen-bond donors (Lipinski definition) is 1. The number of benzene rings is 2. The zero-order valence-corrected chi connectivity index (χ0v) is 19.6. The summed E-state index contributed by atoms with van der Waals surface area (Å²) in [6.07, 6.45) is 0.723. The summed E-state index contributed by atoms with van der Waals surface area (Å²) in [7, 11) is 0. The summed E-state index contributed by atoms with van der Waals surface area (Å²) in [5.74, 6) is 0.636. The maximum Gasteiger partial charge on any atom is 0.278 e. The first-order valence-electron chi connectivity index (χ1n) is 11.5. The molecule has 1 aliphatic heterocycles. The SMILES string of the molecule is CC(=O)Nc1ccc(Cn2nc(-c3nc(-c4ccc(C5(F)CCOCC5)cc4)no3)cc2C)cc1. The molecule has 0 aliphatic carbocycles. The topological polar surface area (TPSA) is 95.1 Å². The van der Waals surface area contributed by atoms with Crippen molar-refractivity contribution in [3.63, 3.8) is 0 Å². The Labute approximate surface area is 202 Å². The number of rotatable bonds is 6. The number of halogens is 1. The molecule has 1 aliphatic rings. The van der Waals surface area contributed by atoms with E-state index in [2.05, 4.69) is 20.6 Å². The zero-order valence-electron chi connectivity index (χ0n) is 19.6.